The fourth-order valence-electron chi connectivity index (χ4n) is 5.12. The number of aromatic nitrogens is 1. The molecule has 9 heteroatoms. The van der Waals surface area contributed by atoms with Gasteiger partial charge in [0.25, 0.3) is 0 Å². The normalized spacial score (nSPS) is 15.3. The summed E-state index contributed by atoms with van der Waals surface area (Å²) in [7, 11) is 1.41. The molecule has 0 radical (unpaired) electrons. The number of benzene rings is 3. The molecular weight excluding hydrogens is 492 g/mol. The SMILES string of the molecule is COc1c(N2CC[C@@H](CN)C2)c(F)cc2c(=O)c(C(=O)O)cn(Cc3ccc(-c4ccc(F)cc4)cc3)c12. The molecular formula is C29H27F2N3O4. The van der Waals surface area contributed by atoms with Gasteiger partial charge in [-0.25, -0.2) is 13.6 Å². The van der Waals surface area contributed by atoms with E-state index in [4.69, 9.17) is 10.5 Å². The number of fused-ring (bicyclic) bond motifs is 1. The largest absolute Gasteiger partial charge is 0.492 e. The molecule has 1 aromatic heterocycles. The highest BCUT2D eigenvalue weighted by Crippen LogP contribution is 2.40. The van der Waals surface area contributed by atoms with E-state index in [-0.39, 0.29) is 35.1 Å². The Labute approximate surface area is 217 Å². The van der Waals surface area contributed by atoms with Gasteiger partial charge in [-0.15, -0.1) is 0 Å². The summed E-state index contributed by atoms with van der Waals surface area (Å²) in [5, 5.41) is 9.62. The van der Waals surface area contributed by atoms with Gasteiger partial charge in [0.15, 0.2) is 11.6 Å². The van der Waals surface area contributed by atoms with E-state index >= 15 is 4.39 Å². The number of pyridine rings is 1. The van der Waals surface area contributed by atoms with Crippen LogP contribution in [0.3, 0.4) is 0 Å². The Bertz CT molecular complexity index is 1570. The minimum absolute atomic E-state index is 0.0690. The van der Waals surface area contributed by atoms with Crippen molar-refractivity contribution < 1.29 is 23.4 Å². The maximum Gasteiger partial charge on any atom is 0.341 e. The van der Waals surface area contributed by atoms with E-state index in [0.717, 1.165) is 29.2 Å². The number of nitrogens with two attached hydrogens (primary N) is 1. The van der Waals surface area contributed by atoms with E-state index in [2.05, 4.69) is 0 Å². The topological polar surface area (TPSA) is 97.8 Å². The second kappa shape index (κ2) is 10.3. The number of ether oxygens (including phenoxy) is 1. The van der Waals surface area contributed by atoms with Gasteiger partial charge < -0.3 is 25.0 Å². The number of carboxylic acids is 1. The third-order valence-electron chi connectivity index (χ3n) is 7.10. The lowest BCUT2D eigenvalue weighted by Crippen LogP contribution is -2.25. The van der Waals surface area contributed by atoms with E-state index < -0.39 is 22.8 Å². The molecule has 2 heterocycles. The predicted molar refractivity (Wildman–Crippen MR) is 142 cm³/mol. The average Bonchev–Trinajstić information content (AvgIpc) is 3.39. The molecule has 3 N–H and O–H groups in total. The molecule has 196 valence electrons. The van der Waals surface area contributed by atoms with Crippen molar-refractivity contribution in [2.45, 2.75) is 13.0 Å². The van der Waals surface area contributed by atoms with Crippen molar-refractivity contribution in [1.82, 2.24) is 4.57 Å². The number of carboxylic acid groups (broad SMARTS) is 1. The minimum atomic E-state index is -1.40. The van der Waals surface area contributed by atoms with Crippen LogP contribution in [0.1, 0.15) is 22.3 Å². The van der Waals surface area contributed by atoms with Gasteiger partial charge in [-0.1, -0.05) is 36.4 Å². The Morgan fingerprint density at radius 2 is 1.76 bits per heavy atom. The van der Waals surface area contributed by atoms with Gasteiger partial charge in [-0.05, 0) is 53.8 Å². The van der Waals surface area contributed by atoms with Crippen LogP contribution in [0.4, 0.5) is 14.5 Å². The molecule has 0 unspecified atom stereocenters. The molecule has 5 rings (SSSR count). The fourth-order valence-corrected chi connectivity index (χ4v) is 5.12. The van der Waals surface area contributed by atoms with Gasteiger partial charge in [-0.2, -0.15) is 0 Å². The van der Waals surface area contributed by atoms with E-state index in [1.54, 1.807) is 16.7 Å². The second-order valence-electron chi connectivity index (χ2n) is 9.48. The summed E-state index contributed by atoms with van der Waals surface area (Å²) >= 11 is 0. The number of carbonyl (C=O) groups is 1. The molecule has 7 nitrogen and oxygen atoms in total. The Kier molecular flexibility index (Phi) is 6.86. The quantitative estimate of drug-likeness (QED) is 0.374. The molecule has 0 saturated carbocycles. The summed E-state index contributed by atoms with van der Waals surface area (Å²) < 4.78 is 36.1. The Morgan fingerprint density at radius 3 is 2.34 bits per heavy atom. The van der Waals surface area contributed by atoms with Gasteiger partial charge in [0.1, 0.15) is 17.1 Å². The molecule has 38 heavy (non-hydrogen) atoms. The molecule has 1 fully saturated rings. The number of anilines is 1. The lowest BCUT2D eigenvalue weighted by atomic mass is 10.0. The molecule has 0 amide bonds. The van der Waals surface area contributed by atoms with Crippen molar-refractivity contribution in [2.75, 3.05) is 31.6 Å². The number of rotatable bonds is 7. The Morgan fingerprint density at radius 1 is 1.11 bits per heavy atom. The predicted octanol–water partition coefficient (Wildman–Crippen LogP) is 4.49. The first-order valence-electron chi connectivity index (χ1n) is 12.3. The zero-order valence-electron chi connectivity index (χ0n) is 20.8. The van der Waals surface area contributed by atoms with Crippen LogP contribution in [0, 0.1) is 17.6 Å². The van der Waals surface area contributed by atoms with Gasteiger partial charge >= 0.3 is 5.97 Å². The van der Waals surface area contributed by atoms with Crippen molar-refractivity contribution in [3.05, 3.63) is 93.8 Å². The smallest absolute Gasteiger partial charge is 0.341 e. The van der Waals surface area contributed by atoms with E-state index in [9.17, 15) is 19.1 Å². The first-order chi connectivity index (χ1) is 18.3. The second-order valence-corrected chi connectivity index (χ2v) is 9.48. The summed E-state index contributed by atoms with van der Waals surface area (Å²) in [4.78, 5) is 26.8. The molecule has 4 aromatic rings. The standard InChI is InChI=1S/C29H27F2N3O4/c1-38-28-25-22(12-24(31)26(28)33-11-10-18(13-32)15-33)27(35)23(29(36)37)16-34(25)14-17-2-4-19(5-3-17)20-6-8-21(30)9-7-20/h2-9,12,16,18H,10-11,13-15,32H2,1H3,(H,36,37)/t18-/m0/s1. The van der Waals surface area contributed by atoms with Crippen LogP contribution < -0.4 is 20.8 Å². The van der Waals surface area contributed by atoms with Crippen LogP contribution in [0.5, 0.6) is 5.75 Å². The van der Waals surface area contributed by atoms with Crippen molar-refractivity contribution in [3.8, 4) is 16.9 Å². The van der Waals surface area contributed by atoms with Crippen LogP contribution in [0.2, 0.25) is 0 Å². The summed E-state index contributed by atoms with van der Waals surface area (Å²) in [5.74, 6) is -1.98. The summed E-state index contributed by atoms with van der Waals surface area (Å²) in [6.45, 7) is 1.82. The van der Waals surface area contributed by atoms with Crippen LogP contribution in [0.15, 0.2) is 65.6 Å². The molecule has 0 aliphatic carbocycles. The van der Waals surface area contributed by atoms with Crippen LogP contribution in [-0.2, 0) is 6.54 Å². The van der Waals surface area contributed by atoms with Gasteiger partial charge in [0.2, 0.25) is 5.43 Å². The van der Waals surface area contributed by atoms with E-state index in [1.165, 1.54) is 25.4 Å². The van der Waals surface area contributed by atoms with Gasteiger partial charge in [0.05, 0.1) is 18.0 Å². The molecule has 1 aliphatic heterocycles. The molecule has 1 saturated heterocycles. The van der Waals surface area contributed by atoms with Crippen LogP contribution in [-0.4, -0.2) is 42.4 Å². The Balaban J connectivity index is 1.63. The molecule has 0 spiro atoms. The maximum absolute atomic E-state index is 15.5. The lowest BCUT2D eigenvalue weighted by molar-refractivity contribution is 0.0694. The average molecular weight is 520 g/mol. The first kappa shape index (κ1) is 25.4. The molecule has 3 aromatic carbocycles. The molecule has 1 atom stereocenters. The number of halogens is 2. The minimum Gasteiger partial charge on any atom is -0.492 e. The zero-order chi connectivity index (χ0) is 27.0. The molecule has 0 bridgehead atoms. The summed E-state index contributed by atoms with van der Waals surface area (Å²) in [5.41, 5.74) is 7.70. The number of hydrogen-bond acceptors (Lipinski definition) is 5. The third kappa shape index (κ3) is 4.61. The number of nitrogens with zero attached hydrogens (tertiary/aromatic N) is 2. The maximum atomic E-state index is 15.5. The number of aromatic carboxylic acids is 1. The van der Waals surface area contributed by atoms with Crippen LogP contribution in [0.25, 0.3) is 22.0 Å². The van der Waals surface area contributed by atoms with Crippen molar-refractivity contribution in [3.63, 3.8) is 0 Å². The fraction of sp³-hybridized carbons (Fsp3) is 0.241. The highest BCUT2D eigenvalue weighted by molar-refractivity contribution is 5.97. The highest BCUT2D eigenvalue weighted by atomic mass is 19.1. The summed E-state index contributed by atoms with van der Waals surface area (Å²) in [6.07, 6.45) is 2.08. The van der Waals surface area contributed by atoms with Crippen molar-refractivity contribution >= 4 is 22.6 Å². The number of hydrogen-bond donors (Lipinski definition) is 2. The monoisotopic (exact) mass is 519 g/mol. The highest BCUT2D eigenvalue weighted by Gasteiger charge is 2.30. The number of methoxy groups -OCH3 is 1. The van der Waals surface area contributed by atoms with E-state index in [1.807, 2.05) is 29.2 Å². The lowest BCUT2D eigenvalue weighted by Gasteiger charge is -2.25. The van der Waals surface area contributed by atoms with E-state index in [0.29, 0.717) is 25.2 Å². The third-order valence-corrected chi connectivity index (χ3v) is 7.10. The van der Waals surface area contributed by atoms with Crippen molar-refractivity contribution in [1.29, 1.82) is 0 Å². The first-order valence-corrected chi connectivity index (χ1v) is 12.3. The van der Waals surface area contributed by atoms with Gasteiger partial charge in [0, 0.05) is 25.8 Å². The molecule has 1 aliphatic rings. The Hall–Kier alpha value is -4.24. The van der Waals surface area contributed by atoms with Gasteiger partial charge in [-0.3, -0.25) is 4.79 Å². The summed E-state index contributed by atoms with van der Waals surface area (Å²) in [6, 6.07) is 14.8. The van der Waals surface area contributed by atoms with Crippen molar-refractivity contribution in [2.24, 2.45) is 11.7 Å². The zero-order valence-corrected chi connectivity index (χ0v) is 20.8. The van der Waals surface area contributed by atoms with Crippen LogP contribution >= 0.6 is 0 Å².